The molecular weight excluding hydrogens is 200 g/mol. The van der Waals surface area contributed by atoms with Gasteiger partial charge in [0.05, 0.1) is 5.69 Å². The highest BCUT2D eigenvalue weighted by Crippen LogP contribution is 2.19. The summed E-state index contributed by atoms with van der Waals surface area (Å²) in [6.07, 6.45) is 0. The molecule has 0 saturated carbocycles. The lowest BCUT2D eigenvalue weighted by Gasteiger charge is -2.02. The summed E-state index contributed by atoms with van der Waals surface area (Å²) in [5.41, 5.74) is 0.185. The third-order valence-electron chi connectivity index (χ3n) is 1.99. The predicted octanol–water partition coefficient (Wildman–Crippen LogP) is 2.32. The third kappa shape index (κ3) is 1.93. The van der Waals surface area contributed by atoms with E-state index in [2.05, 4.69) is 4.98 Å². The maximum Gasteiger partial charge on any atom is 0.248 e. The van der Waals surface area contributed by atoms with E-state index in [0.29, 0.717) is 5.69 Å². The summed E-state index contributed by atoms with van der Waals surface area (Å²) in [7, 11) is 0. The standard InChI is InChI=1S/C11H7F2NO/c12-7-4-5-8(9(13)6-7)10-2-1-3-11(15)14-10/h1-6H,(H,14,15). The average molecular weight is 207 g/mol. The zero-order valence-electron chi connectivity index (χ0n) is 7.63. The van der Waals surface area contributed by atoms with Crippen LogP contribution in [0.3, 0.4) is 0 Å². The SMILES string of the molecule is O=c1cccc(-c2ccc(F)cc2F)[nH]1. The van der Waals surface area contributed by atoms with Gasteiger partial charge in [0.1, 0.15) is 11.6 Å². The van der Waals surface area contributed by atoms with E-state index < -0.39 is 11.6 Å². The second-order valence-corrected chi connectivity index (χ2v) is 3.05. The highest BCUT2D eigenvalue weighted by Gasteiger charge is 2.06. The van der Waals surface area contributed by atoms with Crippen molar-refractivity contribution in [3.8, 4) is 11.3 Å². The Kier molecular flexibility index (Phi) is 2.33. The maximum atomic E-state index is 13.3. The second kappa shape index (κ2) is 3.65. The highest BCUT2D eigenvalue weighted by molar-refractivity contribution is 5.59. The first-order valence-corrected chi connectivity index (χ1v) is 4.31. The van der Waals surface area contributed by atoms with Crippen molar-refractivity contribution in [1.29, 1.82) is 0 Å². The van der Waals surface area contributed by atoms with Crippen LogP contribution < -0.4 is 5.56 Å². The summed E-state index contributed by atoms with van der Waals surface area (Å²) < 4.78 is 25.9. The molecule has 0 saturated heterocycles. The smallest absolute Gasteiger partial charge is 0.248 e. The van der Waals surface area contributed by atoms with Crippen LogP contribution in [-0.2, 0) is 0 Å². The quantitative estimate of drug-likeness (QED) is 0.764. The molecule has 0 amide bonds. The molecule has 2 nitrogen and oxygen atoms in total. The van der Waals surface area contributed by atoms with Crippen molar-refractivity contribution in [2.45, 2.75) is 0 Å². The number of nitrogens with one attached hydrogen (secondary N) is 1. The molecule has 0 bridgehead atoms. The molecule has 1 heterocycles. The number of rotatable bonds is 1. The van der Waals surface area contributed by atoms with E-state index in [1.54, 1.807) is 6.07 Å². The molecule has 1 aromatic heterocycles. The Morgan fingerprint density at radius 3 is 2.53 bits per heavy atom. The van der Waals surface area contributed by atoms with Crippen LogP contribution in [-0.4, -0.2) is 4.98 Å². The Bertz CT molecular complexity index is 548. The van der Waals surface area contributed by atoms with Crippen LogP contribution in [0.4, 0.5) is 8.78 Å². The molecular formula is C11H7F2NO. The van der Waals surface area contributed by atoms with Gasteiger partial charge in [-0.2, -0.15) is 0 Å². The third-order valence-corrected chi connectivity index (χ3v) is 1.99. The average Bonchev–Trinajstić information content (AvgIpc) is 2.17. The van der Waals surface area contributed by atoms with Gasteiger partial charge in [0, 0.05) is 17.7 Å². The zero-order chi connectivity index (χ0) is 10.8. The van der Waals surface area contributed by atoms with Crippen LogP contribution in [0.1, 0.15) is 0 Å². The second-order valence-electron chi connectivity index (χ2n) is 3.05. The first kappa shape index (κ1) is 9.58. The van der Waals surface area contributed by atoms with Crippen molar-refractivity contribution >= 4 is 0 Å². The summed E-state index contributed by atoms with van der Waals surface area (Å²) in [6, 6.07) is 7.60. The minimum Gasteiger partial charge on any atom is -0.322 e. The lowest BCUT2D eigenvalue weighted by molar-refractivity contribution is 0.585. The van der Waals surface area contributed by atoms with E-state index in [9.17, 15) is 13.6 Å². The van der Waals surface area contributed by atoms with Gasteiger partial charge in [-0.3, -0.25) is 4.79 Å². The normalized spacial score (nSPS) is 10.3. The van der Waals surface area contributed by atoms with Gasteiger partial charge in [-0.1, -0.05) is 6.07 Å². The number of hydrogen-bond acceptors (Lipinski definition) is 1. The molecule has 4 heteroatoms. The molecule has 76 valence electrons. The largest absolute Gasteiger partial charge is 0.322 e. The molecule has 0 atom stereocenters. The first-order chi connectivity index (χ1) is 7.16. The number of aromatic nitrogens is 1. The van der Waals surface area contributed by atoms with Crippen LogP contribution in [0.15, 0.2) is 41.2 Å². The Balaban J connectivity index is 2.59. The molecule has 1 N–H and O–H groups in total. The number of benzene rings is 1. The van der Waals surface area contributed by atoms with Crippen LogP contribution in [0.5, 0.6) is 0 Å². The molecule has 1 aromatic carbocycles. The van der Waals surface area contributed by atoms with E-state index in [4.69, 9.17) is 0 Å². The van der Waals surface area contributed by atoms with Gasteiger partial charge in [-0.05, 0) is 18.2 Å². The maximum absolute atomic E-state index is 13.3. The molecule has 0 unspecified atom stereocenters. The first-order valence-electron chi connectivity index (χ1n) is 4.31. The van der Waals surface area contributed by atoms with Crippen LogP contribution in [0.25, 0.3) is 11.3 Å². The number of H-pyrrole nitrogens is 1. The number of aromatic amines is 1. The van der Waals surface area contributed by atoms with Crippen molar-refractivity contribution in [1.82, 2.24) is 4.98 Å². The molecule has 0 spiro atoms. The number of halogens is 2. The Hall–Kier alpha value is -1.97. The summed E-state index contributed by atoms with van der Waals surface area (Å²) in [6.45, 7) is 0. The van der Waals surface area contributed by atoms with Crippen molar-refractivity contribution < 1.29 is 8.78 Å². The van der Waals surface area contributed by atoms with E-state index in [0.717, 1.165) is 12.1 Å². The predicted molar refractivity (Wildman–Crippen MR) is 52.4 cm³/mol. The molecule has 0 fully saturated rings. The van der Waals surface area contributed by atoms with Crippen LogP contribution >= 0.6 is 0 Å². The highest BCUT2D eigenvalue weighted by atomic mass is 19.1. The number of hydrogen-bond donors (Lipinski definition) is 1. The van der Waals surface area contributed by atoms with E-state index >= 15 is 0 Å². The molecule has 2 aromatic rings. The van der Waals surface area contributed by atoms with Gasteiger partial charge in [0.2, 0.25) is 5.56 Å². The van der Waals surface area contributed by atoms with Crippen LogP contribution in [0.2, 0.25) is 0 Å². The Morgan fingerprint density at radius 1 is 1.07 bits per heavy atom. The fourth-order valence-corrected chi connectivity index (χ4v) is 1.31. The summed E-state index contributed by atoms with van der Waals surface area (Å²) in [5, 5.41) is 0. The minimum atomic E-state index is -0.697. The minimum absolute atomic E-state index is 0.175. The van der Waals surface area contributed by atoms with Crippen molar-refractivity contribution in [3.05, 3.63) is 58.4 Å². The summed E-state index contributed by atoms with van der Waals surface area (Å²) in [5.74, 6) is -1.34. The van der Waals surface area contributed by atoms with Crippen LogP contribution in [0, 0.1) is 11.6 Å². The fraction of sp³-hybridized carbons (Fsp3) is 0. The summed E-state index contributed by atoms with van der Waals surface area (Å²) >= 11 is 0. The molecule has 0 radical (unpaired) electrons. The lowest BCUT2D eigenvalue weighted by Crippen LogP contribution is -2.04. The molecule has 2 rings (SSSR count). The van der Waals surface area contributed by atoms with Gasteiger partial charge in [-0.15, -0.1) is 0 Å². The molecule has 0 aliphatic carbocycles. The zero-order valence-corrected chi connectivity index (χ0v) is 7.63. The van der Waals surface area contributed by atoms with Crippen molar-refractivity contribution in [2.24, 2.45) is 0 Å². The Labute approximate surface area is 84.2 Å². The molecule has 0 aliphatic heterocycles. The van der Waals surface area contributed by atoms with Gasteiger partial charge in [0.15, 0.2) is 0 Å². The number of pyridine rings is 1. The molecule has 15 heavy (non-hydrogen) atoms. The van der Waals surface area contributed by atoms with Crippen molar-refractivity contribution in [2.75, 3.05) is 0 Å². The topological polar surface area (TPSA) is 32.9 Å². The fourth-order valence-electron chi connectivity index (χ4n) is 1.31. The summed E-state index contributed by atoms with van der Waals surface area (Å²) in [4.78, 5) is 13.5. The monoisotopic (exact) mass is 207 g/mol. The van der Waals surface area contributed by atoms with E-state index in [-0.39, 0.29) is 11.1 Å². The van der Waals surface area contributed by atoms with Crippen molar-refractivity contribution in [3.63, 3.8) is 0 Å². The Morgan fingerprint density at radius 2 is 1.87 bits per heavy atom. The van der Waals surface area contributed by atoms with Gasteiger partial charge < -0.3 is 4.98 Å². The van der Waals surface area contributed by atoms with E-state index in [1.807, 2.05) is 0 Å². The van der Waals surface area contributed by atoms with E-state index in [1.165, 1.54) is 18.2 Å². The molecule has 0 aliphatic rings. The van der Waals surface area contributed by atoms with Gasteiger partial charge in [-0.25, -0.2) is 8.78 Å². The van der Waals surface area contributed by atoms with Gasteiger partial charge >= 0.3 is 0 Å². The lowest BCUT2D eigenvalue weighted by atomic mass is 10.1. The van der Waals surface area contributed by atoms with Gasteiger partial charge in [0.25, 0.3) is 0 Å².